The zero-order chi connectivity index (χ0) is 18.8. The summed E-state index contributed by atoms with van der Waals surface area (Å²) in [5, 5.41) is 5.54. The summed E-state index contributed by atoms with van der Waals surface area (Å²) in [7, 11) is 0. The number of carbonyl (C=O) groups excluding carboxylic acids is 1. The van der Waals surface area contributed by atoms with Gasteiger partial charge in [-0.2, -0.15) is 5.10 Å². The SMILES string of the molecule is Cc1ncc(CC(=O)N2CCN(CCn3nc4c(cc3=O)CCC4)CC2)s1. The maximum Gasteiger partial charge on any atom is 0.267 e. The molecule has 144 valence electrons. The second-order valence-electron chi connectivity index (χ2n) is 7.28. The fraction of sp³-hybridized carbons (Fsp3) is 0.579. The number of amides is 1. The highest BCUT2D eigenvalue weighted by atomic mass is 32.1. The van der Waals surface area contributed by atoms with Gasteiger partial charge in [-0.15, -0.1) is 11.3 Å². The third-order valence-electron chi connectivity index (χ3n) is 5.37. The molecule has 1 aliphatic carbocycles. The van der Waals surface area contributed by atoms with Crippen LogP contribution in [0, 0.1) is 6.92 Å². The number of fused-ring (bicyclic) bond motifs is 1. The molecular formula is C19H25N5O2S. The fourth-order valence-corrected chi connectivity index (χ4v) is 4.59. The van der Waals surface area contributed by atoms with E-state index in [1.807, 2.05) is 11.8 Å². The summed E-state index contributed by atoms with van der Waals surface area (Å²) in [5.41, 5.74) is 2.21. The van der Waals surface area contributed by atoms with Gasteiger partial charge in [-0.25, -0.2) is 9.67 Å². The number of nitrogens with zero attached hydrogens (tertiary/aromatic N) is 5. The van der Waals surface area contributed by atoms with Gasteiger partial charge in [0, 0.05) is 49.9 Å². The molecule has 0 spiro atoms. The van der Waals surface area contributed by atoms with E-state index in [9.17, 15) is 9.59 Å². The number of aromatic nitrogens is 3. The van der Waals surface area contributed by atoms with E-state index in [2.05, 4.69) is 15.0 Å². The molecule has 4 rings (SSSR count). The van der Waals surface area contributed by atoms with E-state index in [0.29, 0.717) is 13.0 Å². The molecule has 2 aliphatic rings. The number of hydrogen-bond acceptors (Lipinski definition) is 6. The minimum Gasteiger partial charge on any atom is -0.340 e. The van der Waals surface area contributed by atoms with Crippen LogP contribution in [0.1, 0.15) is 27.6 Å². The van der Waals surface area contributed by atoms with E-state index in [0.717, 1.165) is 73.1 Å². The molecule has 1 fully saturated rings. The number of carbonyl (C=O) groups is 1. The predicted molar refractivity (Wildman–Crippen MR) is 104 cm³/mol. The van der Waals surface area contributed by atoms with Crippen LogP contribution >= 0.6 is 11.3 Å². The molecule has 0 bridgehead atoms. The normalized spacial score (nSPS) is 17.3. The van der Waals surface area contributed by atoms with E-state index < -0.39 is 0 Å². The van der Waals surface area contributed by atoms with Crippen LogP contribution in [0.4, 0.5) is 0 Å². The topological polar surface area (TPSA) is 71.3 Å². The zero-order valence-electron chi connectivity index (χ0n) is 15.7. The molecular weight excluding hydrogens is 362 g/mol. The van der Waals surface area contributed by atoms with Crippen molar-refractivity contribution in [3.63, 3.8) is 0 Å². The molecule has 2 aromatic heterocycles. The van der Waals surface area contributed by atoms with Gasteiger partial charge in [-0.3, -0.25) is 14.5 Å². The summed E-state index contributed by atoms with van der Waals surface area (Å²) < 4.78 is 1.60. The van der Waals surface area contributed by atoms with Gasteiger partial charge in [0.15, 0.2) is 0 Å². The van der Waals surface area contributed by atoms with Crippen LogP contribution in [0.2, 0.25) is 0 Å². The summed E-state index contributed by atoms with van der Waals surface area (Å²) in [6.45, 7) is 6.52. The lowest BCUT2D eigenvalue weighted by Crippen LogP contribution is -2.50. The average molecular weight is 388 g/mol. The number of hydrogen-bond donors (Lipinski definition) is 0. The maximum atomic E-state index is 12.4. The van der Waals surface area contributed by atoms with Crippen molar-refractivity contribution >= 4 is 17.2 Å². The quantitative estimate of drug-likeness (QED) is 0.762. The molecule has 3 heterocycles. The first-order valence-corrected chi connectivity index (χ1v) is 10.4. The Morgan fingerprint density at radius 1 is 1.19 bits per heavy atom. The van der Waals surface area contributed by atoms with E-state index in [-0.39, 0.29) is 11.5 Å². The van der Waals surface area contributed by atoms with Gasteiger partial charge in [0.1, 0.15) is 0 Å². The molecule has 0 N–H and O–H groups in total. The molecule has 0 saturated carbocycles. The Morgan fingerprint density at radius 2 is 2.00 bits per heavy atom. The van der Waals surface area contributed by atoms with Crippen LogP contribution < -0.4 is 5.56 Å². The first-order valence-electron chi connectivity index (χ1n) is 9.60. The van der Waals surface area contributed by atoms with Crippen molar-refractivity contribution in [3.8, 4) is 0 Å². The van der Waals surface area contributed by atoms with Crippen LogP contribution in [0.3, 0.4) is 0 Å². The summed E-state index contributed by atoms with van der Waals surface area (Å²) in [6.07, 6.45) is 5.31. The molecule has 0 unspecified atom stereocenters. The maximum absolute atomic E-state index is 12.4. The second kappa shape index (κ2) is 7.90. The van der Waals surface area contributed by atoms with Crippen LogP contribution in [0.15, 0.2) is 17.1 Å². The van der Waals surface area contributed by atoms with Crippen molar-refractivity contribution in [1.82, 2.24) is 24.6 Å². The smallest absolute Gasteiger partial charge is 0.267 e. The summed E-state index contributed by atoms with van der Waals surface area (Å²) in [6, 6.07) is 1.76. The molecule has 0 atom stereocenters. The van der Waals surface area contributed by atoms with Gasteiger partial charge in [0.25, 0.3) is 5.56 Å². The van der Waals surface area contributed by atoms with E-state index >= 15 is 0 Å². The van der Waals surface area contributed by atoms with Gasteiger partial charge in [0.05, 0.1) is 23.7 Å². The molecule has 2 aromatic rings. The molecule has 0 radical (unpaired) electrons. The van der Waals surface area contributed by atoms with Gasteiger partial charge >= 0.3 is 0 Å². The standard InChI is InChI=1S/C19H25N5O2S/c1-14-20-13-16(27-14)12-18(25)23-8-5-22(6-9-23)7-10-24-19(26)11-15-3-2-4-17(15)21-24/h11,13H,2-10,12H2,1H3. The fourth-order valence-electron chi connectivity index (χ4n) is 3.80. The highest BCUT2D eigenvalue weighted by Gasteiger charge is 2.22. The van der Waals surface area contributed by atoms with E-state index in [1.165, 1.54) is 0 Å². The predicted octanol–water partition coefficient (Wildman–Crippen LogP) is 0.884. The largest absolute Gasteiger partial charge is 0.340 e. The van der Waals surface area contributed by atoms with Crippen molar-refractivity contribution in [2.45, 2.75) is 39.2 Å². The van der Waals surface area contributed by atoms with Crippen molar-refractivity contribution in [2.75, 3.05) is 32.7 Å². The number of thiazole rings is 1. The molecule has 1 aliphatic heterocycles. The lowest BCUT2D eigenvalue weighted by Gasteiger charge is -2.34. The third-order valence-corrected chi connectivity index (χ3v) is 6.28. The Bertz CT molecular complexity index is 882. The number of rotatable bonds is 5. The molecule has 1 saturated heterocycles. The second-order valence-corrected chi connectivity index (χ2v) is 8.60. The van der Waals surface area contributed by atoms with Crippen molar-refractivity contribution in [1.29, 1.82) is 0 Å². The van der Waals surface area contributed by atoms with Gasteiger partial charge in [-0.1, -0.05) is 0 Å². The van der Waals surface area contributed by atoms with Gasteiger partial charge in [0.2, 0.25) is 5.91 Å². The summed E-state index contributed by atoms with van der Waals surface area (Å²) in [4.78, 5) is 34.1. The summed E-state index contributed by atoms with van der Waals surface area (Å²) in [5.74, 6) is 0.176. The Kier molecular flexibility index (Phi) is 5.36. The minimum atomic E-state index is 0.00399. The minimum absolute atomic E-state index is 0.00399. The number of aryl methyl sites for hydroxylation is 3. The molecule has 0 aromatic carbocycles. The van der Waals surface area contributed by atoms with Crippen molar-refractivity contribution in [3.05, 3.63) is 43.8 Å². The van der Waals surface area contributed by atoms with E-state index in [1.54, 1.807) is 28.3 Å². The third kappa shape index (κ3) is 4.27. The molecule has 1 amide bonds. The Balaban J connectivity index is 1.26. The van der Waals surface area contributed by atoms with Crippen LogP contribution in [-0.4, -0.2) is 63.2 Å². The first kappa shape index (κ1) is 18.3. The molecule has 7 nitrogen and oxygen atoms in total. The lowest BCUT2D eigenvalue weighted by molar-refractivity contribution is -0.132. The average Bonchev–Trinajstić information content (AvgIpc) is 3.28. The zero-order valence-corrected chi connectivity index (χ0v) is 16.5. The Morgan fingerprint density at radius 3 is 2.74 bits per heavy atom. The molecule has 8 heteroatoms. The van der Waals surface area contributed by atoms with Crippen molar-refractivity contribution < 1.29 is 4.79 Å². The Labute approximate surface area is 162 Å². The first-order chi connectivity index (χ1) is 13.1. The monoisotopic (exact) mass is 387 g/mol. The highest BCUT2D eigenvalue weighted by Crippen LogP contribution is 2.17. The lowest BCUT2D eigenvalue weighted by atomic mass is 10.2. The Hall–Kier alpha value is -2.06. The van der Waals surface area contributed by atoms with Gasteiger partial charge in [-0.05, 0) is 31.7 Å². The number of piperazine rings is 1. The molecule has 27 heavy (non-hydrogen) atoms. The van der Waals surface area contributed by atoms with Crippen LogP contribution in [0.25, 0.3) is 0 Å². The van der Waals surface area contributed by atoms with Crippen LogP contribution in [0.5, 0.6) is 0 Å². The van der Waals surface area contributed by atoms with Gasteiger partial charge < -0.3 is 4.90 Å². The van der Waals surface area contributed by atoms with E-state index in [4.69, 9.17) is 0 Å². The van der Waals surface area contributed by atoms with Crippen molar-refractivity contribution in [2.24, 2.45) is 0 Å². The van der Waals surface area contributed by atoms with Crippen LogP contribution in [-0.2, 0) is 30.6 Å². The highest BCUT2D eigenvalue weighted by molar-refractivity contribution is 7.11. The summed E-state index contributed by atoms with van der Waals surface area (Å²) >= 11 is 1.59.